The first-order valence-corrected chi connectivity index (χ1v) is 3.30. The summed E-state index contributed by atoms with van der Waals surface area (Å²) in [6, 6.07) is -0.496. The highest BCUT2D eigenvalue weighted by Crippen LogP contribution is 2.00. The van der Waals surface area contributed by atoms with E-state index >= 15 is 0 Å². The van der Waals surface area contributed by atoms with Gasteiger partial charge in [0.15, 0.2) is 5.78 Å². The first-order valence-electron chi connectivity index (χ1n) is 3.30. The van der Waals surface area contributed by atoms with Gasteiger partial charge in [-0.05, 0) is 19.1 Å². The van der Waals surface area contributed by atoms with E-state index in [0.29, 0.717) is 5.70 Å². The van der Waals surface area contributed by atoms with E-state index in [4.69, 9.17) is 5.73 Å². The fourth-order valence-corrected chi connectivity index (χ4v) is 0.684. The molecule has 0 bridgehead atoms. The van der Waals surface area contributed by atoms with Crippen LogP contribution in [0.4, 0.5) is 0 Å². The van der Waals surface area contributed by atoms with Crippen molar-refractivity contribution in [3.05, 3.63) is 24.1 Å². The zero-order chi connectivity index (χ0) is 8.27. The molecule has 1 aliphatic heterocycles. The maximum Gasteiger partial charge on any atom is 0.198 e. The topological polar surface area (TPSA) is 64.4 Å². The van der Waals surface area contributed by atoms with Crippen LogP contribution in [-0.4, -0.2) is 11.8 Å². The van der Waals surface area contributed by atoms with Crippen molar-refractivity contribution in [2.24, 2.45) is 5.73 Å². The molecule has 0 unspecified atom stereocenters. The van der Waals surface area contributed by atoms with Gasteiger partial charge in [-0.1, -0.05) is 0 Å². The summed E-state index contributed by atoms with van der Waals surface area (Å²) in [6.07, 6.45) is 4.69. The number of carbonyl (C=O) groups is 1. The molecule has 4 heteroatoms. The van der Waals surface area contributed by atoms with Crippen LogP contribution in [0.5, 0.6) is 0 Å². The number of hydrogen-bond donors (Lipinski definition) is 2. The smallest absolute Gasteiger partial charge is 0.198 e. The van der Waals surface area contributed by atoms with E-state index < -0.39 is 6.04 Å². The maximum absolute atomic E-state index is 11.1. The second-order valence-corrected chi connectivity index (χ2v) is 2.28. The molecule has 0 radical (unpaired) electrons. The third-order valence-corrected chi connectivity index (χ3v) is 1.26. The van der Waals surface area contributed by atoms with Gasteiger partial charge in [0.2, 0.25) is 0 Å². The Morgan fingerprint density at radius 2 is 2.55 bits per heavy atom. The third-order valence-electron chi connectivity index (χ3n) is 1.26. The van der Waals surface area contributed by atoms with Crippen molar-refractivity contribution in [2.75, 3.05) is 0 Å². The molecule has 60 valence electrons. The minimum atomic E-state index is -0.496. The zero-order valence-electron chi connectivity index (χ0n) is 6.20. The molecule has 0 aromatic rings. The van der Waals surface area contributed by atoms with Gasteiger partial charge < -0.3 is 10.6 Å². The third kappa shape index (κ3) is 1.81. The molecule has 0 aromatic carbocycles. The lowest BCUT2D eigenvalue weighted by molar-refractivity contribution is -0.117. The van der Waals surface area contributed by atoms with Crippen LogP contribution in [0, 0.1) is 0 Å². The van der Waals surface area contributed by atoms with Gasteiger partial charge in [-0.2, -0.15) is 0 Å². The van der Waals surface area contributed by atoms with Gasteiger partial charge in [0.25, 0.3) is 0 Å². The molecule has 0 aliphatic carbocycles. The second kappa shape index (κ2) is 3.21. The molecule has 4 nitrogen and oxygen atoms in total. The van der Waals surface area contributed by atoms with Crippen molar-refractivity contribution >= 4 is 5.78 Å². The Kier molecular flexibility index (Phi) is 2.28. The van der Waals surface area contributed by atoms with E-state index in [1.165, 1.54) is 6.26 Å². The van der Waals surface area contributed by atoms with Crippen molar-refractivity contribution < 1.29 is 9.63 Å². The monoisotopic (exact) mass is 154 g/mol. The molecular formula is C7H10N2O2. The second-order valence-electron chi connectivity index (χ2n) is 2.28. The number of hydrogen-bond acceptors (Lipinski definition) is 4. The van der Waals surface area contributed by atoms with Crippen LogP contribution < -0.4 is 11.2 Å². The molecule has 0 spiro atoms. The number of rotatable bonds is 2. The van der Waals surface area contributed by atoms with Gasteiger partial charge in [-0.3, -0.25) is 4.79 Å². The number of allylic oxidation sites excluding steroid dienone is 2. The van der Waals surface area contributed by atoms with E-state index in [-0.39, 0.29) is 5.78 Å². The average molecular weight is 154 g/mol. The summed E-state index contributed by atoms with van der Waals surface area (Å²) < 4.78 is 0. The maximum atomic E-state index is 11.1. The highest BCUT2D eigenvalue weighted by atomic mass is 16.6. The molecule has 1 rings (SSSR count). The summed E-state index contributed by atoms with van der Waals surface area (Å²) in [5.74, 6) is -0.158. The zero-order valence-corrected chi connectivity index (χ0v) is 6.20. The Morgan fingerprint density at radius 1 is 1.82 bits per heavy atom. The lowest BCUT2D eigenvalue weighted by atomic mass is 10.1. The van der Waals surface area contributed by atoms with Crippen molar-refractivity contribution in [1.82, 2.24) is 5.48 Å². The minimum Gasteiger partial charge on any atom is -0.390 e. The van der Waals surface area contributed by atoms with Crippen LogP contribution in [-0.2, 0) is 9.63 Å². The van der Waals surface area contributed by atoms with Crippen LogP contribution in [0.1, 0.15) is 6.92 Å². The molecule has 3 N–H and O–H groups in total. The van der Waals surface area contributed by atoms with E-state index in [9.17, 15) is 4.79 Å². The Balaban J connectivity index is 2.66. The van der Waals surface area contributed by atoms with Crippen LogP contribution in [0.2, 0.25) is 0 Å². The quantitative estimate of drug-likeness (QED) is 0.579. The minimum absolute atomic E-state index is 0.158. The standard InChI is InChI=1S/C7H10N2O2/c1-5(8)7(10)6-3-2-4-11-9-6/h2-5,9H,8H2,1H3/t5-/m0/s1. The summed E-state index contributed by atoms with van der Waals surface area (Å²) >= 11 is 0. The number of hydroxylamine groups is 1. The number of ketones is 1. The number of nitrogens with two attached hydrogens (primary N) is 1. The Bertz CT molecular complexity index is 218. The summed E-state index contributed by atoms with van der Waals surface area (Å²) in [4.78, 5) is 15.8. The summed E-state index contributed by atoms with van der Waals surface area (Å²) in [7, 11) is 0. The molecule has 11 heavy (non-hydrogen) atoms. The fraction of sp³-hybridized carbons (Fsp3) is 0.286. The molecular weight excluding hydrogens is 144 g/mol. The first kappa shape index (κ1) is 7.81. The Morgan fingerprint density at radius 3 is 3.00 bits per heavy atom. The van der Waals surface area contributed by atoms with Crippen molar-refractivity contribution in [1.29, 1.82) is 0 Å². The van der Waals surface area contributed by atoms with Crippen molar-refractivity contribution in [2.45, 2.75) is 13.0 Å². The van der Waals surface area contributed by atoms with Crippen molar-refractivity contribution in [3.63, 3.8) is 0 Å². The molecule has 0 fully saturated rings. The van der Waals surface area contributed by atoms with E-state index in [1.807, 2.05) is 0 Å². The molecule has 0 amide bonds. The molecule has 1 heterocycles. The van der Waals surface area contributed by atoms with Crippen LogP contribution in [0.3, 0.4) is 0 Å². The largest absolute Gasteiger partial charge is 0.390 e. The lowest BCUT2D eigenvalue weighted by Gasteiger charge is -2.12. The molecule has 0 saturated carbocycles. The van der Waals surface area contributed by atoms with Gasteiger partial charge >= 0.3 is 0 Å². The normalized spacial score (nSPS) is 17.8. The number of carbonyl (C=O) groups excluding carboxylic acids is 1. The number of nitrogens with one attached hydrogen (secondary N) is 1. The molecule has 1 atom stereocenters. The molecule has 1 aliphatic rings. The lowest BCUT2D eigenvalue weighted by Crippen LogP contribution is -2.33. The first-order chi connectivity index (χ1) is 5.22. The Labute approximate surface area is 64.7 Å². The fourth-order valence-electron chi connectivity index (χ4n) is 0.684. The SMILES string of the molecule is C[C@H](N)C(=O)C1=CC=CON1. The predicted octanol–water partition coefficient (Wildman–Crippen LogP) is -0.165. The highest BCUT2D eigenvalue weighted by molar-refractivity contribution is 5.98. The van der Waals surface area contributed by atoms with Gasteiger partial charge in [0.05, 0.1) is 6.04 Å². The highest BCUT2D eigenvalue weighted by Gasteiger charge is 2.14. The van der Waals surface area contributed by atoms with E-state index in [1.54, 1.807) is 19.1 Å². The molecule has 0 saturated heterocycles. The van der Waals surface area contributed by atoms with Gasteiger partial charge in [-0.25, -0.2) is 5.48 Å². The van der Waals surface area contributed by atoms with Crippen LogP contribution >= 0.6 is 0 Å². The molecule has 0 aromatic heterocycles. The predicted molar refractivity (Wildman–Crippen MR) is 40.1 cm³/mol. The van der Waals surface area contributed by atoms with E-state index in [0.717, 1.165) is 0 Å². The van der Waals surface area contributed by atoms with Gasteiger partial charge in [0.1, 0.15) is 12.0 Å². The van der Waals surface area contributed by atoms with E-state index in [2.05, 4.69) is 10.3 Å². The summed E-state index contributed by atoms with van der Waals surface area (Å²) in [5, 5.41) is 0. The van der Waals surface area contributed by atoms with Gasteiger partial charge in [0, 0.05) is 0 Å². The van der Waals surface area contributed by atoms with Crippen LogP contribution in [0.15, 0.2) is 24.1 Å². The Hall–Kier alpha value is -1.29. The number of Topliss-reactive ketones (excluding diaryl/α,β-unsaturated/α-hetero) is 1. The van der Waals surface area contributed by atoms with Crippen molar-refractivity contribution in [3.8, 4) is 0 Å². The summed E-state index contributed by atoms with van der Waals surface area (Å²) in [6.45, 7) is 1.63. The van der Waals surface area contributed by atoms with Gasteiger partial charge in [-0.15, -0.1) is 0 Å². The summed E-state index contributed by atoms with van der Waals surface area (Å²) in [5.41, 5.74) is 8.19. The average Bonchev–Trinajstić information content (AvgIpc) is 2.05. The van der Waals surface area contributed by atoms with Crippen LogP contribution in [0.25, 0.3) is 0 Å².